The maximum atomic E-state index is 9.46. The minimum Gasteiger partial charge on any atom is -0.136 e. The van der Waals surface area contributed by atoms with Gasteiger partial charge in [-0.1, -0.05) is 0 Å². The van der Waals surface area contributed by atoms with Gasteiger partial charge in [-0.05, 0) is 4.91 Å². The summed E-state index contributed by atoms with van der Waals surface area (Å²) in [6, 6.07) is 0. The van der Waals surface area contributed by atoms with Gasteiger partial charge in [0.05, 0.1) is 17.7 Å². The third kappa shape index (κ3) is 0.594. The van der Waals surface area contributed by atoms with E-state index in [1.54, 1.807) is 0 Å². The highest BCUT2D eigenvalue weighted by atomic mass is 16.3. The Balaban J connectivity index is 2.96. The molecule has 0 spiro atoms. The van der Waals surface area contributed by atoms with E-state index in [0.29, 0.717) is 4.91 Å². The Kier molecular flexibility index (Phi) is 0.816. The highest BCUT2D eigenvalue weighted by Crippen LogP contribution is 1.70. The van der Waals surface area contributed by atoms with E-state index in [-0.39, 0.29) is 0 Å². The molecule has 5 nitrogen and oxygen atoms in total. The van der Waals surface area contributed by atoms with Crippen LogP contribution in [0.25, 0.3) is 0 Å². The average Bonchev–Trinajstić information content (AvgIpc) is 2.14. The fourth-order valence-corrected chi connectivity index (χ4v) is 0.251. The van der Waals surface area contributed by atoms with Crippen molar-refractivity contribution in [2.24, 2.45) is 5.29 Å². The summed E-state index contributed by atoms with van der Waals surface area (Å²) in [7, 11) is 0. The van der Waals surface area contributed by atoms with Crippen molar-refractivity contribution in [2.75, 3.05) is 0 Å². The Morgan fingerprint density at radius 2 is 2.00 bits per heavy atom. The zero-order valence-corrected chi connectivity index (χ0v) is 3.35. The molecule has 0 aromatic carbocycles. The quantitative estimate of drug-likeness (QED) is 0.457. The molecule has 0 aliphatic heterocycles. The van der Waals surface area contributed by atoms with Gasteiger partial charge in [-0.15, -0.1) is 15.1 Å². The van der Waals surface area contributed by atoms with E-state index >= 15 is 0 Å². The fraction of sp³-hybridized carbons (Fsp3) is 0. The minimum atomic E-state index is 0.694. The van der Waals surface area contributed by atoms with Crippen molar-refractivity contribution in [2.45, 2.75) is 0 Å². The standard InChI is InChI=1S/C2H2N4O/c7-5-6-3-1-2-4-6/h1-2H. The van der Waals surface area contributed by atoms with E-state index in [2.05, 4.69) is 15.5 Å². The zero-order valence-electron chi connectivity index (χ0n) is 3.35. The molecular formula is C2H2N4O. The van der Waals surface area contributed by atoms with Crippen molar-refractivity contribution >= 4 is 0 Å². The lowest BCUT2D eigenvalue weighted by Gasteiger charge is -1.71. The molecule has 0 radical (unpaired) electrons. The molecular weight excluding hydrogens is 96.0 g/mol. The molecule has 0 N–H and O–H groups in total. The van der Waals surface area contributed by atoms with Gasteiger partial charge in [0.25, 0.3) is 0 Å². The van der Waals surface area contributed by atoms with Gasteiger partial charge < -0.3 is 0 Å². The number of hydrogen-bond donors (Lipinski definition) is 0. The van der Waals surface area contributed by atoms with Gasteiger partial charge in [-0.25, -0.2) is 0 Å². The molecule has 0 fully saturated rings. The second kappa shape index (κ2) is 1.46. The average molecular weight is 98.1 g/mol. The Labute approximate surface area is 38.9 Å². The lowest BCUT2D eigenvalue weighted by Crippen LogP contribution is -1.88. The number of aromatic nitrogens is 3. The summed E-state index contributed by atoms with van der Waals surface area (Å²) in [5, 5.41) is 9.10. The van der Waals surface area contributed by atoms with Crippen LogP contribution in [0.3, 0.4) is 0 Å². The summed E-state index contributed by atoms with van der Waals surface area (Å²) >= 11 is 0. The fourth-order valence-electron chi connectivity index (χ4n) is 0.251. The van der Waals surface area contributed by atoms with Crippen LogP contribution >= 0.6 is 0 Å². The monoisotopic (exact) mass is 98.0 g/mol. The summed E-state index contributed by atoms with van der Waals surface area (Å²) in [6.07, 6.45) is 2.75. The molecule has 0 atom stereocenters. The largest absolute Gasteiger partial charge is 0.136 e. The van der Waals surface area contributed by atoms with E-state index in [1.165, 1.54) is 12.4 Å². The van der Waals surface area contributed by atoms with Crippen molar-refractivity contribution in [1.29, 1.82) is 0 Å². The molecule has 5 heteroatoms. The Hall–Kier alpha value is -1.26. The molecule has 7 heavy (non-hydrogen) atoms. The normalized spacial score (nSPS) is 8.57. The van der Waals surface area contributed by atoms with Crippen molar-refractivity contribution in [3.63, 3.8) is 0 Å². The van der Waals surface area contributed by atoms with Crippen LogP contribution < -0.4 is 0 Å². The minimum absolute atomic E-state index is 0.694. The van der Waals surface area contributed by atoms with Crippen LogP contribution in [0.4, 0.5) is 0 Å². The van der Waals surface area contributed by atoms with E-state index < -0.39 is 0 Å². The first-order valence-electron chi connectivity index (χ1n) is 1.63. The first-order chi connectivity index (χ1) is 3.43. The third-order valence-corrected chi connectivity index (χ3v) is 0.480. The lowest BCUT2D eigenvalue weighted by atomic mass is 11.0. The van der Waals surface area contributed by atoms with Crippen LogP contribution in [0.1, 0.15) is 0 Å². The predicted octanol–water partition coefficient (Wildman–Crippen LogP) is -0.192. The van der Waals surface area contributed by atoms with Gasteiger partial charge >= 0.3 is 0 Å². The summed E-state index contributed by atoms with van der Waals surface area (Å²) in [6.45, 7) is 0. The molecule has 0 bridgehead atoms. The third-order valence-electron chi connectivity index (χ3n) is 0.480. The molecule has 1 aromatic rings. The van der Waals surface area contributed by atoms with E-state index in [4.69, 9.17) is 0 Å². The van der Waals surface area contributed by atoms with Crippen LogP contribution in [0.5, 0.6) is 0 Å². The molecule has 0 saturated heterocycles. The summed E-state index contributed by atoms with van der Waals surface area (Å²) in [5.74, 6) is 0. The van der Waals surface area contributed by atoms with Gasteiger partial charge in [0, 0.05) is 0 Å². The SMILES string of the molecule is O=Nn1nccn1. The van der Waals surface area contributed by atoms with Crippen LogP contribution in [-0.2, 0) is 0 Å². The molecule has 0 aliphatic carbocycles. The van der Waals surface area contributed by atoms with Crippen molar-refractivity contribution in [3.8, 4) is 0 Å². The van der Waals surface area contributed by atoms with Gasteiger partial charge in [-0.3, -0.25) is 0 Å². The van der Waals surface area contributed by atoms with Crippen molar-refractivity contribution in [3.05, 3.63) is 17.3 Å². The molecule has 0 saturated carbocycles. The highest BCUT2D eigenvalue weighted by molar-refractivity contribution is 4.58. The first-order valence-corrected chi connectivity index (χ1v) is 1.63. The first kappa shape index (κ1) is 3.91. The summed E-state index contributed by atoms with van der Waals surface area (Å²) < 4.78 is 0. The molecule has 0 aliphatic rings. The lowest BCUT2D eigenvalue weighted by molar-refractivity contribution is 0.626. The van der Waals surface area contributed by atoms with Crippen LogP contribution in [0.15, 0.2) is 17.7 Å². The molecule has 36 valence electrons. The Bertz CT molecular complexity index is 145. The molecule has 1 rings (SSSR count). The number of rotatable bonds is 1. The second-order valence-corrected chi connectivity index (χ2v) is 0.879. The molecule has 0 unspecified atom stereocenters. The molecule has 1 heterocycles. The van der Waals surface area contributed by atoms with Crippen molar-refractivity contribution < 1.29 is 0 Å². The molecule has 0 amide bonds. The second-order valence-electron chi connectivity index (χ2n) is 0.879. The van der Waals surface area contributed by atoms with Crippen LogP contribution in [0.2, 0.25) is 0 Å². The highest BCUT2D eigenvalue weighted by Gasteiger charge is 1.80. The van der Waals surface area contributed by atoms with E-state index in [9.17, 15) is 4.91 Å². The van der Waals surface area contributed by atoms with Crippen LogP contribution in [-0.4, -0.2) is 15.1 Å². The van der Waals surface area contributed by atoms with Crippen molar-refractivity contribution in [1.82, 2.24) is 15.1 Å². The van der Waals surface area contributed by atoms with Gasteiger partial charge in [-0.2, -0.15) is 0 Å². The van der Waals surface area contributed by atoms with Crippen LogP contribution in [0, 0.1) is 4.91 Å². The van der Waals surface area contributed by atoms with E-state index in [0.717, 1.165) is 0 Å². The van der Waals surface area contributed by atoms with Gasteiger partial charge in [0.15, 0.2) is 0 Å². The van der Waals surface area contributed by atoms with E-state index in [1.807, 2.05) is 0 Å². The van der Waals surface area contributed by atoms with Gasteiger partial charge in [0.1, 0.15) is 0 Å². The summed E-state index contributed by atoms with van der Waals surface area (Å²) in [4.78, 5) is 10.2. The zero-order chi connectivity index (χ0) is 5.11. The predicted molar refractivity (Wildman–Crippen MR) is 21.2 cm³/mol. The Morgan fingerprint density at radius 1 is 1.43 bits per heavy atom. The number of nitroso groups, excluding NO2 is 1. The maximum absolute atomic E-state index is 9.46. The maximum Gasteiger partial charge on any atom is 0.0989 e. The number of hydrogen-bond acceptors (Lipinski definition) is 4. The Morgan fingerprint density at radius 3 is 2.29 bits per heavy atom. The number of nitrogens with zero attached hydrogens (tertiary/aromatic N) is 4. The molecule has 1 aromatic heterocycles. The van der Waals surface area contributed by atoms with Gasteiger partial charge in [0.2, 0.25) is 0 Å². The topological polar surface area (TPSA) is 60.1 Å². The smallest absolute Gasteiger partial charge is 0.0989 e. The summed E-state index contributed by atoms with van der Waals surface area (Å²) in [5.41, 5.74) is 0.